The topological polar surface area (TPSA) is 65.7 Å². The maximum absolute atomic E-state index is 13.4. The normalized spacial score (nSPS) is 17.3. The first-order valence-corrected chi connectivity index (χ1v) is 7.99. The molecule has 1 aliphatic rings. The summed E-state index contributed by atoms with van der Waals surface area (Å²) in [6, 6.07) is 5.29. The molecular weight excluding hydrogens is 299 g/mol. The molecule has 1 aliphatic heterocycles. The number of β-amino-alcohol motifs (C(OH)–C–C–N with tert-alkyl or cyclic N) is 1. The number of aliphatic hydroxyl groups is 1. The van der Waals surface area contributed by atoms with E-state index in [-0.39, 0.29) is 0 Å². The van der Waals surface area contributed by atoms with Crippen LogP contribution in [0, 0.1) is 5.82 Å². The third kappa shape index (κ3) is 4.09. The van der Waals surface area contributed by atoms with E-state index in [4.69, 9.17) is 4.42 Å². The summed E-state index contributed by atoms with van der Waals surface area (Å²) in [6.07, 6.45) is 3.04. The first-order valence-electron chi connectivity index (χ1n) is 7.99. The van der Waals surface area contributed by atoms with Crippen molar-refractivity contribution in [3.05, 3.63) is 40.5 Å². The molecule has 23 heavy (non-hydrogen) atoms. The Morgan fingerprint density at radius 1 is 1.26 bits per heavy atom. The van der Waals surface area contributed by atoms with Crippen molar-refractivity contribution in [3.63, 3.8) is 0 Å². The van der Waals surface area contributed by atoms with Gasteiger partial charge < -0.3 is 19.7 Å². The lowest BCUT2D eigenvalue weighted by Crippen LogP contribution is -2.39. The Morgan fingerprint density at radius 2 is 2.04 bits per heavy atom. The van der Waals surface area contributed by atoms with Crippen molar-refractivity contribution in [1.29, 1.82) is 0 Å². The van der Waals surface area contributed by atoms with E-state index in [1.165, 1.54) is 43.5 Å². The van der Waals surface area contributed by atoms with Crippen LogP contribution in [0.4, 0.5) is 10.1 Å². The zero-order chi connectivity index (χ0) is 16.2. The molecule has 1 aromatic carbocycles. The average molecular weight is 320 g/mol. The van der Waals surface area contributed by atoms with Gasteiger partial charge in [0.05, 0.1) is 11.8 Å². The van der Waals surface area contributed by atoms with Gasteiger partial charge >= 0.3 is 5.63 Å². The third-order valence-electron chi connectivity index (χ3n) is 4.15. The number of fused-ring (bicyclic) bond motifs is 1. The molecule has 5 nitrogen and oxygen atoms in total. The quantitative estimate of drug-likeness (QED) is 0.827. The summed E-state index contributed by atoms with van der Waals surface area (Å²) >= 11 is 0. The number of aliphatic hydroxyl groups excluding tert-OH is 1. The minimum atomic E-state index is -0.552. The summed E-state index contributed by atoms with van der Waals surface area (Å²) in [5.74, 6) is -0.400. The lowest BCUT2D eigenvalue weighted by Gasteiger charge is -2.28. The van der Waals surface area contributed by atoms with Crippen molar-refractivity contribution in [1.82, 2.24) is 4.90 Å². The molecule has 1 atom stereocenters. The fraction of sp³-hybridized carbons (Fsp3) is 0.471. The molecule has 2 N–H and O–H groups in total. The van der Waals surface area contributed by atoms with E-state index in [0.29, 0.717) is 29.7 Å². The van der Waals surface area contributed by atoms with Crippen molar-refractivity contribution in [2.45, 2.75) is 25.4 Å². The minimum Gasteiger partial charge on any atom is -0.423 e. The van der Waals surface area contributed by atoms with Crippen molar-refractivity contribution in [2.75, 3.05) is 31.5 Å². The van der Waals surface area contributed by atoms with Crippen LogP contribution in [0.25, 0.3) is 11.0 Å². The Morgan fingerprint density at radius 3 is 2.83 bits per heavy atom. The first-order chi connectivity index (χ1) is 11.1. The van der Waals surface area contributed by atoms with Crippen LogP contribution in [-0.2, 0) is 0 Å². The first kappa shape index (κ1) is 16.0. The minimum absolute atomic E-state index is 0.297. The lowest BCUT2D eigenvalue weighted by molar-refractivity contribution is 0.110. The van der Waals surface area contributed by atoms with Gasteiger partial charge in [-0.3, -0.25) is 0 Å². The summed E-state index contributed by atoms with van der Waals surface area (Å²) in [5, 5.41) is 13.7. The standard InChI is InChI=1S/C17H21FN2O3/c18-12-4-5-16-14(8-12)15(9-17(22)23-16)19-10-13(21)11-20-6-2-1-3-7-20/h4-5,8-9,13,19,21H,1-3,6-7,10-11H2. The molecule has 0 aliphatic carbocycles. The number of piperidine rings is 1. The summed E-state index contributed by atoms with van der Waals surface area (Å²) in [4.78, 5) is 13.8. The number of benzene rings is 1. The summed E-state index contributed by atoms with van der Waals surface area (Å²) in [5.41, 5.74) is 0.303. The van der Waals surface area contributed by atoms with Crippen molar-refractivity contribution < 1.29 is 13.9 Å². The van der Waals surface area contributed by atoms with Crippen LogP contribution < -0.4 is 10.9 Å². The van der Waals surface area contributed by atoms with Crippen molar-refractivity contribution >= 4 is 16.7 Å². The molecule has 1 saturated heterocycles. The molecule has 0 bridgehead atoms. The smallest absolute Gasteiger partial charge is 0.338 e. The van der Waals surface area contributed by atoms with Gasteiger partial charge in [0.15, 0.2) is 0 Å². The monoisotopic (exact) mass is 320 g/mol. The van der Waals surface area contributed by atoms with Gasteiger partial charge in [0.1, 0.15) is 11.4 Å². The second-order valence-electron chi connectivity index (χ2n) is 6.02. The fourth-order valence-corrected chi connectivity index (χ4v) is 3.01. The molecule has 1 fully saturated rings. The number of hydrogen-bond acceptors (Lipinski definition) is 5. The van der Waals surface area contributed by atoms with Crippen LogP contribution in [-0.4, -0.2) is 42.3 Å². The second kappa shape index (κ2) is 7.10. The van der Waals surface area contributed by atoms with Crippen LogP contribution in [0.3, 0.4) is 0 Å². The van der Waals surface area contributed by atoms with Gasteiger partial charge in [-0.1, -0.05) is 6.42 Å². The molecule has 2 heterocycles. The van der Waals surface area contributed by atoms with Crippen molar-refractivity contribution in [3.8, 4) is 0 Å². The molecule has 0 saturated carbocycles. The molecular formula is C17H21FN2O3. The molecule has 0 spiro atoms. The highest BCUT2D eigenvalue weighted by Crippen LogP contribution is 2.22. The molecule has 1 unspecified atom stereocenters. The van der Waals surface area contributed by atoms with Crippen LogP contribution in [0.1, 0.15) is 19.3 Å². The highest BCUT2D eigenvalue weighted by Gasteiger charge is 2.15. The Kier molecular flexibility index (Phi) is 4.93. The Hall–Kier alpha value is -1.92. The second-order valence-corrected chi connectivity index (χ2v) is 6.02. The van der Waals surface area contributed by atoms with Gasteiger partial charge in [0, 0.05) is 24.5 Å². The number of likely N-dealkylation sites (tertiary alicyclic amines) is 1. The van der Waals surface area contributed by atoms with E-state index in [1.54, 1.807) is 0 Å². The van der Waals surface area contributed by atoms with Gasteiger partial charge in [0.2, 0.25) is 0 Å². The van der Waals surface area contributed by atoms with Gasteiger partial charge in [-0.05, 0) is 44.1 Å². The Bertz CT molecular complexity index is 725. The third-order valence-corrected chi connectivity index (χ3v) is 4.15. The number of nitrogens with one attached hydrogen (secondary N) is 1. The Labute approximate surface area is 133 Å². The molecule has 3 rings (SSSR count). The molecule has 6 heteroatoms. The predicted octanol–water partition coefficient (Wildman–Crippen LogP) is 2.19. The largest absolute Gasteiger partial charge is 0.423 e. The van der Waals surface area contributed by atoms with E-state index < -0.39 is 17.5 Å². The number of nitrogens with zero attached hydrogens (tertiary/aromatic N) is 1. The maximum Gasteiger partial charge on any atom is 0.338 e. The molecule has 124 valence electrons. The number of rotatable bonds is 5. The zero-order valence-corrected chi connectivity index (χ0v) is 12.9. The van der Waals surface area contributed by atoms with E-state index >= 15 is 0 Å². The maximum atomic E-state index is 13.4. The fourth-order valence-electron chi connectivity index (χ4n) is 3.01. The van der Waals surface area contributed by atoms with Crippen LogP contribution in [0.2, 0.25) is 0 Å². The number of anilines is 1. The molecule has 0 amide bonds. The van der Waals surface area contributed by atoms with Gasteiger partial charge in [-0.2, -0.15) is 0 Å². The average Bonchev–Trinajstić information content (AvgIpc) is 2.54. The number of halogens is 1. The predicted molar refractivity (Wildman–Crippen MR) is 87.2 cm³/mol. The zero-order valence-electron chi connectivity index (χ0n) is 12.9. The van der Waals surface area contributed by atoms with Gasteiger partial charge in [-0.25, -0.2) is 9.18 Å². The van der Waals surface area contributed by atoms with Crippen LogP contribution in [0.5, 0.6) is 0 Å². The molecule has 2 aromatic rings. The summed E-state index contributed by atoms with van der Waals surface area (Å²) < 4.78 is 18.5. The van der Waals surface area contributed by atoms with E-state index in [2.05, 4.69) is 10.2 Å². The lowest BCUT2D eigenvalue weighted by atomic mass is 10.1. The Balaban J connectivity index is 1.68. The van der Waals surface area contributed by atoms with E-state index in [9.17, 15) is 14.3 Å². The summed E-state index contributed by atoms with van der Waals surface area (Å²) in [6.45, 7) is 2.92. The van der Waals surface area contributed by atoms with Crippen LogP contribution in [0.15, 0.2) is 33.5 Å². The van der Waals surface area contributed by atoms with Gasteiger partial charge in [-0.15, -0.1) is 0 Å². The highest BCUT2D eigenvalue weighted by atomic mass is 19.1. The highest BCUT2D eigenvalue weighted by molar-refractivity contribution is 5.89. The van der Waals surface area contributed by atoms with Gasteiger partial charge in [0.25, 0.3) is 0 Å². The van der Waals surface area contributed by atoms with Crippen LogP contribution >= 0.6 is 0 Å². The molecule has 0 radical (unpaired) electrons. The van der Waals surface area contributed by atoms with E-state index in [1.807, 2.05) is 0 Å². The molecule has 1 aromatic heterocycles. The van der Waals surface area contributed by atoms with E-state index in [0.717, 1.165) is 13.1 Å². The van der Waals surface area contributed by atoms with Crippen molar-refractivity contribution in [2.24, 2.45) is 0 Å². The number of hydrogen-bond donors (Lipinski definition) is 2. The summed E-state index contributed by atoms with van der Waals surface area (Å²) in [7, 11) is 0. The SMILES string of the molecule is O=c1cc(NCC(O)CN2CCCCC2)c2cc(F)ccc2o1.